The molecule has 3 rings (SSSR count). The maximum Gasteiger partial charge on any atom is 0.250 e. The molecule has 0 radical (unpaired) electrons. The van der Waals surface area contributed by atoms with E-state index in [1.807, 2.05) is 17.2 Å². The van der Waals surface area contributed by atoms with E-state index < -0.39 is 0 Å². The Balaban J connectivity index is 1.63. The molecule has 6 heteroatoms. The summed E-state index contributed by atoms with van der Waals surface area (Å²) in [5.74, 6) is 0.142. The molecular formula is C18H28N4O2. The quantitative estimate of drug-likeness (QED) is 0.895. The van der Waals surface area contributed by atoms with Gasteiger partial charge in [-0.3, -0.25) is 9.59 Å². The number of hydrogen-bond donors (Lipinski definition) is 1. The summed E-state index contributed by atoms with van der Waals surface area (Å²) >= 11 is 0. The van der Waals surface area contributed by atoms with Crippen molar-refractivity contribution in [1.29, 1.82) is 0 Å². The number of carbonyl (C=O) groups is 1. The number of hydrogen-bond acceptors (Lipinski definition) is 4. The van der Waals surface area contributed by atoms with Gasteiger partial charge in [-0.1, -0.05) is 12.8 Å². The summed E-state index contributed by atoms with van der Waals surface area (Å²) in [6.07, 6.45) is 7.31. The smallest absolute Gasteiger partial charge is 0.250 e. The van der Waals surface area contributed by atoms with E-state index in [9.17, 15) is 9.59 Å². The van der Waals surface area contributed by atoms with Crippen LogP contribution in [0.15, 0.2) is 23.1 Å². The van der Waals surface area contributed by atoms with Gasteiger partial charge in [0.15, 0.2) is 0 Å². The molecule has 1 aromatic rings. The maximum atomic E-state index is 12.3. The van der Waals surface area contributed by atoms with E-state index in [1.165, 1.54) is 25.7 Å². The summed E-state index contributed by atoms with van der Waals surface area (Å²) < 4.78 is 1.69. The molecule has 2 saturated heterocycles. The summed E-state index contributed by atoms with van der Waals surface area (Å²) in [5, 5.41) is 3.25. The van der Waals surface area contributed by atoms with Gasteiger partial charge in [-0.2, -0.15) is 0 Å². The number of rotatable bonds is 4. The van der Waals surface area contributed by atoms with Gasteiger partial charge >= 0.3 is 0 Å². The van der Waals surface area contributed by atoms with Crippen LogP contribution in [0.25, 0.3) is 0 Å². The lowest BCUT2D eigenvalue weighted by Gasteiger charge is -2.27. The Morgan fingerprint density at radius 3 is 2.42 bits per heavy atom. The van der Waals surface area contributed by atoms with Crippen LogP contribution in [0.5, 0.6) is 0 Å². The van der Waals surface area contributed by atoms with Crippen LogP contribution in [0.4, 0.5) is 5.69 Å². The minimum Gasteiger partial charge on any atom is -0.370 e. The molecule has 0 bridgehead atoms. The standard InChI is InChI=1S/C18H28N4O2/c23-17-6-5-16(20-10-3-1-2-4-11-20)15-22(17)12-7-18(24)21-13-8-19-9-14-21/h5-6,15,19H,1-4,7-14H2. The largest absolute Gasteiger partial charge is 0.370 e. The number of aryl methyl sites for hydroxylation is 1. The van der Waals surface area contributed by atoms with Gasteiger partial charge in [0.05, 0.1) is 5.69 Å². The van der Waals surface area contributed by atoms with E-state index in [2.05, 4.69) is 10.2 Å². The number of carbonyl (C=O) groups excluding carboxylic acids is 1. The molecular weight excluding hydrogens is 304 g/mol. The third-order valence-corrected chi connectivity index (χ3v) is 4.98. The molecule has 0 atom stereocenters. The normalized spacial score (nSPS) is 19.2. The zero-order chi connectivity index (χ0) is 16.8. The van der Waals surface area contributed by atoms with Gasteiger partial charge in [-0.15, -0.1) is 0 Å². The van der Waals surface area contributed by atoms with Crippen molar-refractivity contribution in [2.45, 2.75) is 38.6 Å². The highest BCUT2D eigenvalue weighted by molar-refractivity contribution is 5.76. The van der Waals surface area contributed by atoms with Crippen LogP contribution < -0.4 is 15.8 Å². The summed E-state index contributed by atoms with van der Waals surface area (Å²) in [6, 6.07) is 3.55. The van der Waals surface area contributed by atoms with E-state index in [0.717, 1.165) is 45.0 Å². The fraction of sp³-hybridized carbons (Fsp3) is 0.667. The summed E-state index contributed by atoms with van der Waals surface area (Å²) in [5.41, 5.74) is 1.08. The minimum absolute atomic E-state index is 0.0262. The Morgan fingerprint density at radius 1 is 1.00 bits per heavy atom. The Labute approximate surface area is 143 Å². The number of anilines is 1. The van der Waals surface area contributed by atoms with Gasteiger partial charge < -0.3 is 19.7 Å². The molecule has 24 heavy (non-hydrogen) atoms. The van der Waals surface area contributed by atoms with Crippen LogP contribution >= 0.6 is 0 Å². The van der Waals surface area contributed by atoms with Crippen LogP contribution in [0.2, 0.25) is 0 Å². The van der Waals surface area contributed by atoms with E-state index in [-0.39, 0.29) is 11.5 Å². The number of nitrogens with one attached hydrogen (secondary N) is 1. The third kappa shape index (κ3) is 4.38. The van der Waals surface area contributed by atoms with E-state index >= 15 is 0 Å². The van der Waals surface area contributed by atoms with Gasteiger partial charge in [-0.25, -0.2) is 0 Å². The molecule has 2 aliphatic heterocycles. The lowest BCUT2D eigenvalue weighted by Crippen LogP contribution is -2.46. The Morgan fingerprint density at radius 2 is 1.71 bits per heavy atom. The second-order valence-corrected chi connectivity index (χ2v) is 6.70. The van der Waals surface area contributed by atoms with Crippen LogP contribution in [0.1, 0.15) is 32.1 Å². The molecule has 132 valence electrons. The number of pyridine rings is 1. The minimum atomic E-state index is -0.0262. The topological polar surface area (TPSA) is 57.6 Å². The third-order valence-electron chi connectivity index (χ3n) is 4.98. The highest BCUT2D eigenvalue weighted by Crippen LogP contribution is 2.18. The lowest BCUT2D eigenvalue weighted by atomic mass is 10.2. The molecule has 1 N–H and O–H groups in total. The highest BCUT2D eigenvalue weighted by atomic mass is 16.2. The van der Waals surface area contributed by atoms with Gasteiger partial charge in [0, 0.05) is 64.5 Å². The fourth-order valence-electron chi connectivity index (χ4n) is 3.50. The molecule has 0 unspecified atom stereocenters. The average Bonchev–Trinajstić information content (AvgIpc) is 2.91. The van der Waals surface area contributed by atoms with Crippen LogP contribution in [-0.4, -0.2) is 54.6 Å². The van der Waals surface area contributed by atoms with Crippen LogP contribution in [-0.2, 0) is 11.3 Å². The SMILES string of the molecule is O=C(CCn1cc(N2CCCCCC2)ccc1=O)N1CCNCC1. The average molecular weight is 332 g/mol. The Hall–Kier alpha value is -1.82. The van der Waals surface area contributed by atoms with Gasteiger partial charge in [-0.05, 0) is 18.9 Å². The molecule has 0 aliphatic carbocycles. The summed E-state index contributed by atoms with van der Waals surface area (Å²) in [4.78, 5) is 28.7. The molecule has 3 heterocycles. The van der Waals surface area contributed by atoms with Crippen LogP contribution in [0, 0.1) is 0 Å². The molecule has 2 fully saturated rings. The molecule has 0 aromatic carbocycles. The number of nitrogens with zero attached hydrogens (tertiary/aromatic N) is 3. The van der Waals surface area contributed by atoms with Crippen molar-refractivity contribution in [2.75, 3.05) is 44.2 Å². The molecule has 1 aromatic heterocycles. The second kappa shape index (κ2) is 8.33. The fourth-order valence-corrected chi connectivity index (χ4v) is 3.50. The second-order valence-electron chi connectivity index (χ2n) is 6.70. The van der Waals surface area contributed by atoms with Gasteiger partial charge in [0.2, 0.25) is 5.91 Å². The van der Waals surface area contributed by atoms with Crippen molar-refractivity contribution in [1.82, 2.24) is 14.8 Å². The zero-order valence-corrected chi connectivity index (χ0v) is 14.4. The number of amides is 1. The molecule has 0 saturated carbocycles. The summed E-state index contributed by atoms with van der Waals surface area (Å²) in [7, 11) is 0. The van der Waals surface area contributed by atoms with Crippen molar-refractivity contribution in [2.24, 2.45) is 0 Å². The first-order chi connectivity index (χ1) is 11.7. The van der Waals surface area contributed by atoms with Gasteiger partial charge in [0.25, 0.3) is 5.56 Å². The predicted octanol–water partition coefficient (Wildman–Crippen LogP) is 1.05. The Kier molecular flexibility index (Phi) is 5.91. The molecule has 6 nitrogen and oxygen atoms in total. The van der Waals surface area contributed by atoms with E-state index in [0.29, 0.717) is 13.0 Å². The van der Waals surface area contributed by atoms with Crippen molar-refractivity contribution in [3.05, 3.63) is 28.7 Å². The zero-order valence-electron chi connectivity index (χ0n) is 14.4. The number of aromatic nitrogens is 1. The van der Waals surface area contributed by atoms with Crippen molar-refractivity contribution in [3.63, 3.8) is 0 Å². The predicted molar refractivity (Wildman–Crippen MR) is 95.4 cm³/mol. The van der Waals surface area contributed by atoms with Gasteiger partial charge in [0.1, 0.15) is 0 Å². The monoisotopic (exact) mass is 332 g/mol. The maximum absolute atomic E-state index is 12.3. The van der Waals surface area contributed by atoms with Crippen molar-refractivity contribution < 1.29 is 4.79 Å². The number of piperazine rings is 1. The first-order valence-corrected chi connectivity index (χ1v) is 9.18. The first-order valence-electron chi connectivity index (χ1n) is 9.18. The molecule has 0 spiro atoms. The highest BCUT2D eigenvalue weighted by Gasteiger charge is 2.16. The van der Waals surface area contributed by atoms with Crippen molar-refractivity contribution >= 4 is 11.6 Å². The van der Waals surface area contributed by atoms with Crippen LogP contribution in [0.3, 0.4) is 0 Å². The first kappa shape index (κ1) is 17.0. The Bertz CT molecular complexity index is 599. The van der Waals surface area contributed by atoms with Crippen molar-refractivity contribution in [3.8, 4) is 0 Å². The molecule has 1 amide bonds. The lowest BCUT2D eigenvalue weighted by molar-refractivity contribution is -0.132. The van der Waals surface area contributed by atoms with E-state index in [1.54, 1.807) is 10.6 Å². The molecule has 2 aliphatic rings. The van der Waals surface area contributed by atoms with E-state index in [4.69, 9.17) is 0 Å². The summed E-state index contributed by atoms with van der Waals surface area (Å²) in [6.45, 7) is 5.81.